The minimum absolute atomic E-state index is 0.111. The molecule has 0 saturated heterocycles. The number of nitrogens with one attached hydrogen (secondary N) is 2. The summed E-state index contributed by atoms with van der Waals surface area (Å²) in [6, 6.07) is 5.53. The second-order valence-electron chi connectivity index (χ2n) is 4.95. The molecule has 2 aromatic rings. The van der Waals surface area contributed by atoms with Gasteiger partial charge in [-0.05, 0) is 39.3 Å². The van der Waals surface area contributed by atoms with E-state index in [9.17, 15) is 4.79 Å². The molecule has 0 radical (unpaired) electrons. The average molecular weight is 292 g/mol. The van der Waals surface area contributed by atoms with Gasteiger partial charge >= 0.3 is 0 Å². The number of aryl methyl sites for hydroxylation is 3. The van der Waals surface area contributed by atoms with Gasteiger partial charge in [-0.3, -0.25) is 4.79 Å². The normalized spacial score (nSPS) is 12.2. The Kier molecular flexibility index (Phi) is 4.14. The highest BCUT2D eigenvalue weighted by Gasteiger charge is 2.16. The van der Waals surface area contributed by atoms with Gasteiger partial charge in [0.05, 0.1) is 28.0 Å². The molecule has 0 aliphatic rings. The van der Waals surface area contributed by atoms with Crippen molar-refractivity contribution < 1.29 is 0 Å². The van der Waals surface area contributed by atoms with E-state index < -0.39 is 0 Å². The van der Waals surface area contributed by atoms with Crippen LogP contribution in [0.2, 0.25) is 5.02 Å². The summed E-state index contributed by atoms with van der Waals surface area (Å²) in [5.74, 6) is 0.623. The smallest absolute Gasteiger partial charge is 0.256 e. The van der Waals surface area contributed by atoms with Gasteiger partial charge < -0.3 is 10.3 Å². The fraction of sp³-hybridized carbons (Fsp3) is 0.333. The van der Waals surface area contributed by atoms with Crippen molar-refractivity contribution in [1.82, 2.24) is 9.97 Å². The predicted molar refractivity (Wildman–Crippen MR) is 82.6 cm³/mol. The Morgan fingerprint density at radius 3 is 2.60 bits per heavy atom. The zero-order chi connectivity index (χ0) is 14.9. The first-order chi connectivity index (χ1) is 9.40. The molecular weight excluding hydrogens is 274 g/mol. The maximum absolute atomic E-state index is 12.1. The molecule has 0 saturated carbocycles. The number of aromatic nitrogens is 2. The van der Waals surface area contributed by atoms with Gasteiger partial charge in [0, 0.05) is 0 Å². The molecule has 1 aromatic carbocycles. The largest absolute Gasteiger partial charge is 0.377 e. The van der Waals surface area contributed by atoms with E-state index in [1.54, 1.807) is 6.92 Å². The zero-order valence-corrected chi connectivity index (χ0v) is 12.8. The third-order valence-corrected chi connectivity index (χ3v) is 3.60. The molecule has 0 aliphatic heterocycles. The van der Waals surface area contributed by atoms with Gasteiger partial charge in [0.2, 0.25) is 0 Å². The van der Waals surface area contributed by atoms with Crippen LogP contribution in [0.5, 0.6) is 0 Å². The first-order valence-electron chi connectivity index (χ1n) is 6.49. The molecule has 20 heavy (non-hydrogen) atoms. The number of halogens is 1. The van der Waals surface area contributed by atoms with Crippen molar-refractivity contribution in [3.05, 3.63) is 56.2 Å². The number of anilines is 1. The first-order valence-corrected chi connectivity index (χ1v) is 6.87. The molecule has 2 rings (SSSR count). The second kappa shape index (κ2) is 5.67. The Morgan fingerprint density at radius 2 is 2.00 bits per heavy atom. The quantitative estimate of drug-likeness (QED) is 0.909. The number of para-hydroxylation sites is 1. The first kappa shape index (κ1) is 14.6. The molecular formula is C15H18ClN3O. The van der Waals surface area contributed by atoms with Crippen LogP contribution in [0.3, 0.4) is 0 Å². The number of hydrogen-bond donors (Lipinski definition) is 2. The fourth-order valence-electron chi connectivity index (χ4n) is 2.35. The van der Waals surface area contributed by atoms with Crippen LogP contribution in [0.1, 0.15) is 35.6 Å². The molecule has 0 bridgehead atoms. The van der Waals surface area contributed by atoms with E-state index in [2.05, 4.69) is 15.3 Å². The highest BCUT2D eigenvalue weighted by Crippen LogP contribution is 2.28. The Balaban J connectivity index is 2.39. The van der Waals surface area contributed by atoms with Gasteiger partial charge in [0.25, 0.3) is 5.56 Å². The lowest BCUT2D eigenvalue weighted by atomic mass is 10.1. The van der Waals surface area contributed by atoms with Crippen molar-refractivity contribution in [2.45, 2.75) is 33.7 Å². The summed E-state index contributed by atoms with van der Waals surface area (Å²) in [5, 5.41) is 3.95. The molecule has 0 fully saturated rings. The summed E-state index contributed by atoms with van der Waals surface area (Å²) in [6.07, 6.45) is 0. The molecule has 0 spiro atoms. The Bertz CT molecular complexity index is 674. The lowest BCUT2D eigenvalue weighted by Gasteiger charge is -2.19. The van der Waals surface area contributed by atoms with Crippen molar-refractivity contribution >= 4 is 17.3 Å². The molecule has 0 amide bonds. The minimum atomic E-state index is -0.176. The topological polar surface area (TPSA) is 57.8 Å². The molecule has 1 heterocycles. The van der Waals surface area contributed by atoms with Crippen LogP contribution in [0.25, 0.3) is 0 Å². The molecule has 1 unspecified atom stereocenters. The number of hydrogen-bond acceptors (Lipinski definition) is 3. The van der Waals surface area contributed by atoms with E-state index in [-0.39, 0.29) is 11.6 Å². The van der Waals surface area contributed by atoms with Crippen LogP contribution in [0.4, 0.5) is 5.69 Å². The van der Waals surface area contributed by atoms with Gasteiger partial charge in [0.15, 0.2) is 0 Å². The maximum atomic E-state index is 12.1. The van der Waals surface area contributed by atoms with Gasteiger partial charge in [-0.25, -0.2) is 4.98 Å². The van der Waals surface area contributed by atoms with Crippen LogP contribution in [0, 0.1) is 20.8 Å². The number of rotatable bonds is 3. The summed E-state index contributed by atoms with van der Waals surface area (Å²) < 4.78 is 0. The molecule has 5 heteroatoms. The number of benzene rings is 1. The predicted octanol–water partition coefficient (Wildman–Crippen LogP) is 3.52. The second-order valence-corrected chi connectivity index (χ2v) is 5.36. The van der Waals surface area contributed by atoms with E-state index in [0.29, 0.717) is 16.4 Å². The zero-order valence-electron chi connectivity index (χ0n) is 12.0. The van der Waals surface area contributed by atoms with Crippen molar-refractivity contribution in [3.8, 4) is 0 Å². The lowest BCUT2D eigenvalue weighted by molar-refractivity contribution is 0.813. The summed E-state index contributed by atoms with van der Waals surface area (Å²) in [7, 11) is 0. The highest BCUT2D eigenvalue weighted by molar-refractivity contribution is 6.33. The van der Waals surface area contributed by atoms with Gasteiger partial charge in [0.1, 0.15) is 5.82 Å². The van der Waals surface area contributed by atoms with E-state index >= 15 is 0 Å². The van der Waals surface area contributed by atoms with Crippen LogP contribution >= 0.6 is 11.6 Å². The van der Waals surface area contributed by atoms with E-state index in [1.807, 2.05) is 39.0 Å². The highest BCUT2D eigenvalue weighted by atomic mass is 35.5. The SMILES string of the molecule is Cc1nc(C)c(C(C)Nc2c(C)cccc2Cl)c(=O)[nH]1. The summed E-state index contributed by atoms with van der Waals surface area (Å²) in [5.41, 5.74) is 3.14. The van der Waals surface area contributed by atoms with E-state index in [4.69, 9.17) is 11.6 Å². The fourth-order valence-corrected chi connectivity index (χ4v) is 2.63. The number of nitrogens with zero attached hydrogens (tertiary/aromatic N) is 1. The summed E-state index contributed by atoms with van der Waals surface area (Å²) in [4.78, 5) is 19.1. The summed E-state index contributed by atoms with van der Waals surface area (Å²) >= 11 is 6.20. The monoisotopic (exact) mass is 291 g/mol. The van der Waals surface area contributed by atoms with Crippen molar-refractivity contribution in [3.63, 3.8) is 0 Å². The molecule has 4 nitrogen and oxygen atoms in total. The Labute approximate surface area is 123 Å². The third kappa shape index (κ3) is 2.85. The van der Waals surface area contributed by atoms with E-state index in [1.165, 1.54) is 0 Å². The minimum Gasteiger partial charge on any atom is -0.377 e. The van der Waals surface area contributed by atoms with Crippen LogP contribution in [-0.2, 0) is 0 Å². The van der Waals surface area contributed by atoms with Gasteiger partial charge in [-0.15, -0.1) is 0 Å². The third-order valence-electron chi connectivity index (χ3n) is 3.28. The molecule has 2 N–H and O–H groups in total. The Morgan fingerprint density at radius 1 is 1.30 bits per heavy atom. The molecule has 1 atom stereocenters. The molecule has 0 aliphatic carbocycles. The van der Waals surface area contributed by atoms with Crippen molar-refractivity contribution in [1.29, 1.82) is 0 Å². The van der Waals surface area contributed by atoms with Crippen LogP contribution < -0.4 is 10.9 Å². The molecule has 1 aromatic heterocycles. The number of H-pyrrole nitrogens is 1. The van der Waals surface area contributed by atoms with Crippen molar-refractivity contribution in [2.75, 3.05) is 5.32 Å². The lowest BCUT2D eigenvalue weighted by Crippen LogP contribution is -2.23. The van der Waals surface area contributed by atoms with Gasteiger partial charge in [-0.2, -0.15) is 0 Å². The van der Waals surface area contributed by atoms with Crippen LogP contribution in [-0.4, -0.2) is 9.97 Å². The van der Waals surface area contributed by atoms with E-state index in [0.717, 1.165) is 16.9 Å². The Hall–Kier alpha value is -1.81. The van der Waals surface area contributed by atoms with Crippen molar-refractivity contribution in [2.24, 2.45) is 0 Å². The maximum Gasteiger partial charge on any atom is 0.256 e. The standard InChI is InChI=1S/C15H18ClN3O/c1-8-6-5-7-12(16)14(8)18-10(3)13-9(2)17-11(4)19-15(13)20/h5-7,10,18H,1-4H3,(H,17,19,20). The van der Waals surface area contributed by atoms with Gasteiger partial charge in [-0.1, -0.05) is 23.7 Å². The molecule has 106 valence electrons. The average Bonchev–Trinajstić information content (AvgIpc) is 2.32. The summed E-state index contributed by atoms with van der Waals surface area (Å²) in [6.45, 7) is 7.52. The number of aromatic amines is 1. The van der Waals surface area contributed by atoms with Crippen LogP contribution in [0.15, 0.2) is 23.0 Å².